The highest BCUT2D eigenvalue weighted by Crippen LogP contribution is 2.41. The van der Waals surface area contributed by atoms with Crippen LogP contribution in [0.25, 0.3) is 21.8 Å². The molecule has 2 aromatic heterocycles. The molecule has 0 aliphatic rings. The number of rotatable bonds is 2. The van der Waals surface area contributed by atoms with E-state index in [2.05, 4.69) is 15.2 Å². The average molecular weight is 301 g/mol. The van der Waals surface area contributed by atoms with Gasteiger partial charge < -0.3 is 10.2 Å². The van der Waals surface area contributed by atoms with E-state index in [1.54, 1.807) is 30.4 Å². The summed E-state index contributed by atoms with van der Waals surface area (Å²) in [6, 6.07) is 3.22. The molecule has 6 heteroatoms. The number of aromatic nitrogens is 3. The molecule has 21 heavy (non-hydrogen) atoms. The smallest absolute Gasteiger partial charge is 0.131 e. The summed E-state index contributed by atoms with van der Waals surface area (Å²) in [7, 11) is 0. The van der Waals surface area contributed by atoms with Crippen molar-refractivity contribution in [3.8, 4) is 33.3 Å². The second-order valence-corrected chi connectivity index (χ2v) is 5.83. The van der Waals surface area contributed by atoms with Crippen molar-refractivity contribution in [2.24, 2.45) is 0 Å². The monoisotopic (exact) mass is 301 g/mol. The maximum Gasteiger partial charge on any atom is 0.131 e. The summed E-state index contributed by atoms with van der Waals surface area (Å²) in [5.74, 6) is 0.103. The maximum atomic E-state index is 10.3. The molecule has 108 valence electrons. The standard InChI is InChI=1S/C15H15N3O2S/c1-7-6-21-15(16-7)12-9(3)17-18-13(12)10-4-5-11(19)8(2)14(10)20/h4-6,19-20H,1-3H3,(H,17,18). The van der Waals surface area contributed by atoms with Crippen molar-refractivity contribution in [2.75, 3.05) is 0 Å². The van der Waals surface area contributed by atoms with Crippen LogP contribution in [0.3, 0.4) is 0 Å². The molecule has 0 bridgehead atoms. The fraction of sp³-hybridized carbons (Fsp3) is 0.200. The molecule has 0 radical (unpaired) electrons. The zero-order chi connectivity index (χ0) is 15.1. The first-order valence-corrected chi connectivity index (χ1v) is 7.36. The lowest BCUT2D eigenvalue weighted by molar-refractivity contribution is 0.444. The van der Waals surface area contributed by atoms with Crippen LogP contribution in [0.2, 0.25) is 0 Å². The Morgan fingerprint density at radius 3 is 2.57 bits per heavy atom. The first-order valence-electron chi connectivity index (χ1n) is 6.48. The molecular weight excluding hydrogens is 286 g/mol. The molecule has 0 amide bonds. The first kappa shape index (κ1) is 13.6. The number of aromatic hydroxyl groups is 2. The lowest BCUT2D eigenvalue weighted by atomic mass is 10.0. The highest BCUT2D eigenvalue weighted by atomic mass is 32.1. The van der Waals surface area contributed by atoms with Gasteiger partial charge in [0.15, 0.2) is 0 Å². The lowest BCUT2D eigenvalue weighted by Gasteiger charge is -2.08. The third kappa shape index (κ3) is 2.17. The van der Waals surface area contributed by atoms with Crippen LogP contribution < -0.4 is 0 Å². The number of nitrogens with one attached hydrogen (secondary N) is 1. The van der Waals surface area contributed by atoms with Gasteiger partial charge in [0.05, 0.1) is 5.56 Å². The number of aryl methyl sites for hydroxylation is 2. The third-order valence-corrected chi connectivity index (χ3v) is 4.42. The molecule has 1 aromatic carbocycles. The molecule has 3 aromatic rings. The van der Waals surface area contributed by atoms with E-state index in [1.807, 2.05) is 19.2 Å². The van der Waals surface area contributed by atoms with Crippen LogP contribution in [-0.4, -0.2) is 25.4 Å². The Morgan fingerprint density at radius 1 is 1.14 bits per heavy atom. The molecule has 0 atom stereocenters. The summed E-state index contributed by atoms with van der Waals surface area (Å²) in [4.78, 5) is 4.50. The van der Waals surface area contributed by atoms with E-state index in [9.17, 15) is 10.2 Å². The minimum Gasteiger partial charge on any atom is -0.508 e. The van der Waals surface area contributed by atoms with Gasteiger partial charge in [0, 0.05) is 27.9 Å². The number of hydrogen-bond donors (Lipinski definition) is 3. The van der Waals surface area contributed by atoms with Crippen molar-refractivity contribution in [3.63, 3.8) is 0 Å². The topological polar surface area (TPSA) is 82.0 Å². The van der Waals surface area contributed by atoms with E-state index in [1.165, 1.54) is 0 Å². The minimum absolute atomic E-state index is 0.0380. The van der Waals surface area contributed by atoms with Crippen molar-refractivity contribution < 1.29 is 10.2 Å². The van der Waals surface area contributed by atoms with Gasteiger partial charge in [-0.2, -0.15) is 5.10 Å². The van der Waals surface area contributed by atoms with Crippen molar-refractivity contribution in [2.45, 2.75) is 20.8 Å². The van der Waals surface area contributed by atoms with Gasteiger partial charge in [0.1, 0.15) is 22.2 Å². The second kappa shape index (κ2) is 4.89. The molecule has 0 unspecified atom stereocenters. The van der Waals surface area contributed by atoms with E-state index in [-0.39, 0.29) is 11.5 Å². The molecule has 5 nitrogen and oxygen atoms in total. The zero-order valence-corrected chi connectivity index (χ0v) is 12.7. The van der Waals surface area contributed by atoms with Crippen LogP contribution in [0.4, 0.5) is 0 Å². The summed E-state index contributed by atoms with van der Waals surface area (Å²) in [5, 5.41) is 30.0. The molecule has 0 saturated heterocycles. The Balaban J connectivity index is 2.24. The molecule has 0 spiro atoms. The maximum absolute atomic E-state index is 10.3. The number of benzene rings is 1. The average Bonchev–Trinajstić information content (AvgIpc) is 3.02. The van der Waals surface area contributed by atoms with E-state index >= 15 is 0 Å². The van der Waals surface area contributed by atoms with Gasteiger partial charge in [0.2, 0.25) is 0 Å². The molecule has 0 fully saturated rings. The fourth-order valence-electron chi connectivity index (χ4n) is 2.24. The summed E-state index contributed by atoms with van der Waals surface area (Å²) < 4.78 is 0. The van der Waals surface area contributed by atoms with Gasteiger partial charge in [0.25, 0.3) is 0 Å². The predicted molar refractivity (Wildman–Crippen MR) is 82.7 cm³/mol. The first-order chi connectivity index (χ1) is 9.99. The van der Waals surface area contributed by atoms with Crippen LogP contribution in [0.15, 0.2) is 17.5 Å². The van der Waals surface area contributed by atoms with E-state index < -0.39 is 0 Å². The Bertz CT molecular complexity index is 820. The summed E-state index contributed by atoms with van der Waals surface area (Å²) in [6.07, 6.45) is 0. The highest BCUT2D eigenvalue weighted by molar-refractivity contribution is 7.13. The molecule has 0 saturated carbocycles. The number of thiazole rings is 1. The van der Waals surface area contributed by atoms with Crippen LogP contribution in [0.5, 0.6) is 11.5 Å². The Hall–Kier alpha value is -2.34. The Morgan fingerprint density at radius 2 is 1.90 bits per heavy atom. The molecule has 3 rings (SSSR count). The van der Waals surface area contributed by atoms with Crippen LogP contribution >= 0.6 is 11.3 Å². The number of hydrogen-bond acceptors (Lipinski definition) is 5. The number of phenols is 2. The molecular formula is C15H15N3O2S. The van der Waals surface area contributed by atoms with Crippen molar-refractivity contribution >= 4 is 11.3 Å². The van der Waals surface area contributed by atoms with Crippen molar-refractivity contribution in [1.29, 1.82) is 0 Å². The lowest BCUT2D eigenvalue weighted by Crippen LogP contribution is -1.87. The quantitative estimate of drug-likeness (QED) is 0.676. The van der Waals surface area contributed by atoms with Crippen LogP contribution in [0, 0.1) is 20.8 Å². The van der Waals surface area contributed by atoms with Crippen molar-refractivity contribution in [1.82, 2.24) is 15.2 Å². The van der Waals surface area contributed by atoms with Crippen molar-refractivity contribution in [3.05, 3.63) is 34.5 Å². The highest BCUT2D eigenvalue weighted by Gasteiger charge is 2.20. The van der Waals surface area contributed by atoms with Gasteiger partial charge in [-0.25, -0.2) is 4.98 Å². The van der Waals surface area contributed by atoms with E-state index in [0.29, 0.717) is 16.8 Å². The molecule has 3 N–H and O–H groups in total. The van der Waals surface area contributed by atoms with Gasteiger partial charge in [-0.1, -0.05) is 0 Å². The van der Waals surface area contributed by atoms with Crippen LogP contribution in [0.1, 0.15) is 17.0 Å². The molecule has 0 aliphatic carbocycles. The zero-order valence-electron chi connectivity index (χ0n) is 11.9. The SMILES string of the molecule is Cc1csc(-c2c(-c3ccc(O)c(C)c3O)n[nH]c2C)n1. The molecule has 2 heterocycles. The molecule has 0 aliphatic heterocycles. The summed E-state index contributed by atoms with van der Waals surface area (Å²) >= 11 is 1.54. The van der Waals surface area contributed by atoms with E-state index in [0.717, 1.165) is 22.0 Å². The summed E-state index contributed by atoms with van der Waals surface area (Å²) in [6.45, 7) is 5.53. The largest absolute Gasteiger partial charge is 0.508 e. The number of aromatic amines is 1. The summed E-state index contributed by atoms with van der Waals surface area (Å²) in [5.41, 5.74) is 4.39. The minimum atomic E-state index is 0.0380. The normalized spacial score (nSPS) is 11.0. The second-order valence-electron chi connectivity index (χ2n) is 4.97. The Labute approximate surface area is 125 Å². The number of phenolic OH excluding ortho intramolecular Hbond substituents is 2. The van der Waals surface area contributed by atoms with Gasteiger partial charge in [-0.3, -0.25) is 5.10 Å². The number of H-pyrrole nitrogens is 1. The van der Waals surface area contributed by atoms with Gasteiger partial charge >= 0.3 is 0 Å². The fourth-order valence-corrected chi connectivity index (χ4v) is 3.13. The van der Waals surface area contributed by atoms with Gasteiger partial charge in [-0.05, 0) is 32.9 Å². The third-order valence-electron chi connectivity index (χ3n) is 3.44. The predicted octanol–water partition coefficient (Wildman–Crippen LogP) is 3.54. The van der Waals surface area contributed by atoms with Gasteiger partial charge in [-0.15, -0.1) is 11.3 Å². The van der Waals surface area contributed by atoms with Crippen LogP contribution in [-0.2, 0) is 0 Å². The Kier molecular flexibility index (Phi) is 3.17. The number of nitrogens with zero attached hydrogens (tertiary/aromatic N) is 2. The van der Waals surface area contributed by atoms with E-state index in [4.69, 9.17) is 0 Å².